The fourth-order valence-electron chi connectivity index (χ4n) is 4.52. The molecule has 0 aromatic heterocycles. The van der Waals surface area contributed by atoms with E-state index in [-0.39, 0.29) is 5.11 Å². The Kier molecular flexibility index (Phi) is 11.1. The zero-order valence-corrected chi connectivity index (χ0v) is 21.4. The third kappa shape index (κ3) is 6.58. The zero-order valence-electron chi connectivity index (χ0n) is 20.5. The Bertz CT molecular complexity index is 822. The van der Waals surface area contributed by atoms with Crippen molar-refractivity contribution in [2.24, 2.45) is 22.9 Å². The summed E-state index contributed by atoms with van der Waals surface area (Å²) in [5.41, 5.74) is 25.7. The number of nitrogens with two attached hydrogens (primary N) is 4. The van der Waals surface area contributed by atoms with Gasteiger partial charge in [-0.3, -0.25) is 5.43 Å². The lowest BCUT2D eigenvalue weighted by atomic mass is 9.92. The highest BCUT2D eigenvalue weighted by Gasteiger charge is 2.56. The molecule has 0 radical (unpaired) electrons. The quantitative estimate of drug-likeness (QED) is 0.0874. The van der Waals surface area contributed by atoms with Gasteiger partial charge < -0.3 is 87.5 Å². The molecule has 0 bridgehead atoms. The van der Waals surface area contributed by atoms with Crippen LogP contribution in [0.25, 0.3) is 0 Å². The van der Waals surface area contributed by atoms with Crippen LogP contribution in [0.4, 0.5) is 0 Å². The minimum absolute atomic E-state index is 0.290. The van der Waals surface area contributed by atoms with Gasteiger partial charge in [0.15, 0.2) is 29.7 Å². The molecule has 0 aromatic carbocycles. The number of aliphatic hydroxyl groups excluding tert-OH is 8. The summed E-state index contributed by atoms with van der Waals surface area (Å²) in [6.45, 7) is -2.38. The van der Waals surface area contributed by atoms with E-state index in [0.717, 1.165) is 0 Å². The molecule has 39 heavy (non-hydrogen) atoms. The van der Waals surface area contributed by atoms with E-state index in [1.807, 2.05) is 0 Å². The van der Waals surface area contributed by atoms with Gasteiger partial charge in [0.1, 0.15) is 48.8 Å². The predicted molar refractivity (Wildman–Crippen MR) is 129 cm³/mol. The molecule has 15 atom stereocenters. The Labute approximate surface area is 227 Å². The van der Waals surface area contributed by atoms with Crippen LogP contribution in [0.2, 0.25) is 0 Å². The molecule has 3 heterocycles. The minimum Gasteiger partial charge on any atom is -0.394 e. The van der Waals surface area contributed by atoms with Crippen molar-refractivity contribution in [2.45, 2.75) is 91.6 Å². The molecule has 3 aliphatic rings. The maximum atomic E-state index is 11.0. The zero-order chi connectivity index (χ0) is 29.2. The van der Waals surface area contributed by atoms with Gasteiger partial charge in [-0.15, -0.1) is 0 Å². The van der Waals surface area contributed by atoms with Crippen LogP contribution in [-0.4, -0.2) is 157 Å². The summed E-state index contributed by atoms with van der Waals surface area (Å²) in [7, 11) is 0. The van der Waals surface area contributed by atoms with Crippen LogP contribution in [0.3, 0.4) is 0 Å². The highest BCUT2D eigenvalue weighted by Crippen LogP contribution is 2.33. The largest absolute Gasteiger partial charge is 0.394 e. The van der Waals surface area contributed by atoms with Gasteiger partial charge >= 0.3 is 0 Å². The maximum Gasteiger partial charge on any atom is 0.190 e. The van der Waals surface area contributed by atoms with Crippen LogP contribution in [-0.2, 0) is 23.7 Å². The molecule has 20 heteroatoms. The summed E-state index contributed by atoms with van der Waals surface area (Å²) < 4.78 is 27.9. The summed E-state index contributed by atoms with van der Waals surface area (Å²) in [6, 6.07) is -4.14. The van der Waals surface area contributed by atoms with E-state index in [9.17, 15) is 40.9 Å². The molecule has 0 spiro atoms. The smallest absolute Gasteiger partial charge is 0.190 e. The Balaban J connectivity index is 1.77. The second-order valence-electron chi connectivity index (χ2n) is 9.47. The number of aliphatic hydroxyl groups is 8. The lowest BCUT2D eigenvalue weighted by Crippen LogP contribution is -2.76. The van der Waals surface area contributed by atoms with Crippen molar-refractivity contribution < 1.29 is 64.5 Å². The molecule has 3 rings (SSSR count). The Morgan fingerprint density at radius 1 is 0.795 bits per heavy atom. The predicted octanol–water partition coefficient (Wildman–Crippen LogP) is -9.01. The molecule has 0 aromatic rings. The van der Waals surface area contributed by atoms with Gasteiger partial charge in [-0.25, -0.2) is 0 Å². The van der Waals surface area contributed by atoms with E-state index in [1.54, 1.807) is 0 Å². The summed E-state index contributed by atoms with van der Waals surface area (Å²) in [5, 5.41) is 81.4. The standard InChI is InChI=1S/C19H38N6O13S/c20-6-9(29)12(4(1-26)34-15(6)33)36-16-7(21)10(30)13(5(2-27)35-16)37-17-8(22)11(31)14(32)19(3-28,38-17)25-24-18(23)39/h4-17,25-33H,1-3,20-22H2,(H3,23,24,39)/t4-,5-,6-,7-,8-,9-,10-,11-,12?,13?,14+,15-,16+,17+,19-/m1/s1. The van der Waals surface area contributed by atoms with Crippen LogP contribution in [0.5, 0.6) is 0 Å². The van der Waals surface area contributed by atoms with Crippen molar-refractivity contribution in [3.05, 3.63) is 0 Å². The summed E-state index contributed by atoms with van der Waals surface area (Å²) >= 11 is 4.68. The summed E-state index contributed by atoms with van der Waals surface area (Å²) in [4.78, 5) is 0. The normalized spacial score (nSPS) is 49.0. The van der Waals surface area contributed by atoms with Gasteiger partial charge in [-0.2, -0.15) is 5.43 Å². The van der Waals surface area contributed by atoms with Gasteiger partial charge in [0, 0.05) is 0 Å². The SMILES string of the molecule is NC(=S)NN[C@]1(CO)O[C@H](OC2[C@@H](CO)O[C@@H](OC3[C@@H](CO)O[C@@H](O)[C@H](N)[C@H]3O)[C@H](N)[C@H]2O)[C@H](N)[C@@H](O)[C@@H]1O. The Morgan fingerprint density at radius 3 is 1.85 bits per heavy atom. The first-order chi connectivity index (χ1) is 18.3. The van der Waals surface area contributed by atoms with E-state index in [4.69, 9.17) is 46.6 Å². The molecule has 228 valence electrons. The summed E-state index contributed by atoms with van der Waals surface area (Å²) in [5.74, 6) is 0. The first-order valence-electron chi connectivity index (χ1n) is 11.9. The molecular formula is C19H38N6O13S. The van der Waals surface area contributed by atoms with Crippen molar-refractivity contribution in [1.82, 2.24) is 10.9 Å². The number of hydrogen-bond acceptors (Lipinski definition) is 18. The van der Waals surface area contributed by atoms with Gasteiger partial charge in [-0.05, 0) is 12.2 Å². The fraction of sp³-hybridized carbons (Fsp3) is 0.947. The number of ether oxygens (including phenoxy) is 5. The molecule has 19 nitrogen and oxygen atoms in total. The maximum absolute atomic E-state index is 11.0. The van der Waals surface area contributed by atoms with E-state index in [1.165, 1.54) is 0 Å². The third-order valence-electron chi connectivity index (χ3n) is 6.87. The van der Waals surface area contributed by atoms with Crippen LogP contribution in [0.1, 0.15) is 0 Å². The van der Waals surface area contributed by atoms with Crippen LogP contribution >= 0.6 is 12.2 Å². The lowest BCUT2D eigenvalue weighted by Gasteiger charge is -2.51. The molecule has 3 saturated heterocycles. The van der Waals surface area contributed by atoms with Crippen molar-refractivity contribution in [1.29, 1.82) is 0 Å². The lowest BCUT2D eigenvalue weighted by molar-refractivity contribution is -0.365. The number of thiocarbonyl (C=S) groups is 1. The van der Waals surface area contributed by atoms with E-state index < -0.39 is 111 Å². The average Bonchev–Trinajstić information content (AvgIpc) is 2.91. The van der Waals surface area contributed by atoms with Gasteiger partial charge in [0.25, 0.3) is 0 Å². The van der Waals surface area contributed by atoms with Gasteiger partial charge in [0.2, 0.25) is 0 Å². The van der Waals surface area contributed by atoms with Crippen LogP contribution < -0.4 is 33.8 Å². The average molecular weight is 591 g/mol. The van der Waals surface area contributed by atoms with Crippen molar-refractivity contribution >= 4 is 17.3 Å². The number of hydrogen-bond donors (Lipinski definition) is 14. The first kappa shape index (κ1) is 32.5. The molecule has 0 amide bonds. The monoisotopic (exact) mass is 590 g/mol. The van der Waals surface area contributed by atoms with Gasteiger partial charge in [-0.1, -0.05) is 0 Å². The molecule has 3 fully saturated rings. The van der Waals surface area contributed by atoms with Crippen molar-refractivity contribution in [2.75, 3.05) is 19.8 Å². The number of rotatable bonds is 9. The number of nitrogens with one attached hydrogen (secondary N) is 2. The van der Waals surface area contributed by atoms with Crippen molar-refractivity contribution in [3.8, 4) is 0 Å². The first-order valence-corrected chi connectivity index (χ1v) is 12.3. The molecule has 0 aliphatic carbocycles. The molecule has 2 unspecified atom stereocenters. The van der Waals surface area contributed by atoms with E-state index >= 15 is 0 Å². The molecular weight excluding hydrogens is 552 g/mol. The molecule has 18 N–H and O–H groups in total. The topological polar surface area (TPSA) is 336 Å². The Morgan fingerprint density at radius 2 is 1.31 bits per heavy atom. The third-order valence-corrected chi connectivity index (χ3v) is 6.97. The molecule has 0 saturated carbocycles. The van der Waals surface area contributed by atoms with Crippen LogP contribution in [0.15, 0.2) is 0 Å². The number of hydrazine groups is 1. The second kappa shape index (κ2) is 13.3. The van der Waals surface area contributed by atoms with Gasteiger partial charge in [0.05, 0.1) is 37.9 Å². The highest BCUT2D eigenvalue weighted by molar-refractivity contribution is 7.80. The van der Waals surface area contributed by atoms with Crippen LogP contribution in [0, 0.1) is 0 Å². The van der Waals surface area contributed by atoms with Crippen molar-refractivity contribution in [3.63, 3.8) is 0 Å². The van der Waals surface area contributed by atoms with E-state index in [2.05, 4.69) is 23.1 Å². The summed E-state index contributed by atoms with van der Waals surface area (Å²) in [6.07, 6.45) is -16.9. The van der Waals surface area contributed by atoms with E-state index in [0.29, 0.717) is 0 Å². The second-order valence-corrected chi connectivity index (χ2v) is 9.91. The molecule has 3 aliphatic heterocycles. The Hall–Kier alpha value is -0.990. The fourth-order valence-corrected chi connectivity index (χ4v) is 4.57. The minimum atomic E-state index is -2.13. The highest BCUT2D eigenvalue weighted by atomic mass is 32.1.